The van der Waals surface area contributed by atoms with Crippen molar-refractivity contribution in [2.75, 3.05) is 17.7 Å². The molecule has 0 aromatic heterocycles. The molecular weight excluding hydrogens is 318 g/mol. The molecular formula is C18H23N5O2. The number of anilines is 2. The summed E-state index contributed by atoms with van der Waals surface area (Å²) in [5.41, 5.74) is 12.7. The Labute approximate surface area is 147 Å². The molecule has 25 heavy (non-hydrogen) atoms. The van der Waals surface area contributed by atoms with Crippen molar-refractivity contribution >= 4 is 17.3 Å². The Kier molecular flexibility index (Phi) is 5.18. The smallest absolute Gasteiger partial charge is 0.246 e. The van der Waals surface area contributed by atoms with Crippen LogP contribution in [-0.4, -0.2) is 25.2 Å². The van der Waals surface area contributed by atoms with Crippen LogP contribution in [0, 0.1) is 13.8 Å². The van der Waals surface area contributed by atoms with Gasteiger partial charge in [-0.1, -0.05) is 12.1 Å². The fraction of sp³-hybridized carbons (Fsp3) is 0.278. The fourth-order valence-corrected chi connectivity index (χ4v) is 2.66. The lowest BCUT2D eigenvalue weighted by molar-refractivity contribution is -0.118. The van der Waals surface area contributed by atoms with E-state index in [1.165, 1.54) is 0 Å². The maximum Gasteiger partial charge on any atom is 0.246 e. The highest BCUT2D eigenvalue weighted by molar-refractivity contribution is 5.96. The van der Waals surface area contributed by atoms with Crippen molar-refractivity contribution in [1.82, 2.24) is 16.4 Å². The Morgan fingerprint density at radius 1 is 1.08 bits per heavy atom. The Hall–Kier alpha value is -2.61. The molecule has 1 saturated heterocycles. The van der Waals surface area contributed by atoms with Gasteiger partial charge < -0.3 is 15.4 Å². The number of aryl methyl sites for hydroxylation is 1. The molecule has 0 aliphatic carbocycles. The molecule has 0 radical (unpaired) electrons. The van der Waals surface area contributed by atoms with E-state index >= 15 is 0 Å². The van der Waals surface area contributed by atoms with Crippen LogP contribution in [0.3, 0.4) is 0 Å². The first-order chi connectivity index (χ1) is 12.1. The lowest BCUT2D eigenvalue weighted by Crippen LogP contribution is -2.48. The number of rotatable bonds is 5. The second kappa shape index (κ2) is 7.52. The van der Waals surface area contributed by atoms with E-state index in [2.05, 4.69) is 27.0 Å². The summed E-state index contributed by atoms with van der Waals surface area (Å²) in [4.78, 5) is 12.7. The second-order valence-corrected chi connectivity index (χ2v) is 5.98. The molecule has 3 rings (SSSR count). The number of hydrogen-bond acceptors (Lipinski definition) is 6. The number of carbonyl (C=O) groups is 1. The van der Waals surface area contributed by atoms with Gasteiger partial charge in [0, 0.05) is 11.4 Å². The van der Waals surface area contributed by atoms with Crippen LogP contribution in [0.5, 0.6) is 5.75 Å². The van der Waals surface area contributed by atoms with Crippen molar-refractivity contribution in [3.8, 4) is 5.75 Å². The first-order valence-electron chi connectivity index (χ1n) is 8.12. The number of ether oxygens (including phenoxy) is 1. The van der Waals surface area contributed by atoms with Gasteiger partial charge >= 0.3 is 0 Å². The molecule has 132 valence electrons. The third-order valence-corrected chi connectivity index (χ3v) is 4.35. The van der Waals surface area contributed by atoms with E-state index in [1.54, 1.807) is 7.11 Å². The molecule has 0 saturated carbocycles. The minimum atomic E-state index is -0.484. The molecule has 1 aliphatic rings. The monoisotopic (exact) mass is 341 g/mol. The predicted molar refractivity (Wildman–Crippen MR) is 98.1 cm³/mol. The van der Waals surface area contributed by atoms with Crippen LogP contribution in [0.25, 0.3) is 0 Å². The number of carbonyl (C=O) groups excluding carboxylic acids is 1. The Morgan fingerprint density at radius 3 is 2.56 bits per heavy atom. The molecule has 0 bridgehead atoms. The van der Waals surface area contributed by atoms with Crippen LogP contribution >= 0.6 is 0 Å². The fourth-order valence-electron chi connectivity index (χ4n) is 2.66. The maximum absolute atomic E-state index is 12.7. The molecule has 2 unspecified atom stereocenters. The Morgan fingerprint density at radius 2 is 1.84 bits per heavy atom. The zero-order valence-electron chi connectivity index (χ0n) is 14.5. The quantitative estimate of drug-likeness (QED) is 0.569. The van der Waals surface area contributed by atoms with Gasteiger partial charge in [-0.05, 0) is 55.3 Å². The van der Waals surface area contributed by atoms with E-state index in [1.807, 2.05) is 56.3 Å². The highest BCUT2D eigenvalue weighted by Crippen LogP contribution is 2.19. The molecule has 2 aromatic rings. The lowest BCUT2D eigenvalue weighted by atomic mass is 10.1. The molecule has 0 spiro atoms. The summed E-state index contributed by atoms with van der Waals surface area (Å²) in [7, 11) is 1.63. The Balaban J connectivity index is 1.67. The molecule has 5 N–H and O–H groups in total. The van der Waals surface area contributed by atoms with Crippen LogP contribution in [0.2, 0.25) is 0 Å². The topological polar surface area (TPSA) is 86.5 Å². The highest BCUT2D eigenvalue weighted by atomic mass is 16.5. The van der Waals surface area contributed by atoms with Gasteiger partial charge in [-0.3, -0.25) is 4.79 Å². The summed E-state index contributed by atoms with van der Waals surface area (Å²) in [6.07, 6.45) is -0.307. The van der Waals surface area contributed by atoms with E-state index in [4.69, 9.17) is 4.74 Å². The number of hydrazine groups is 2. The van der Waals surface area contributed by atoms with Crippen molar-refractivity contribution in [3.05, 3.63) is 53.6 Å². The van der Waals surface area contributed by atoms with Crippen LogP contribution in [0.15, 0.2) is 42.5 Å². The van der Waals surface area contributed by atoms with Crippen molar-refractivity contribution in [3.63, 3.8) is 0 Å². The molecule has 1 fully saturated rings. The van der Waals surface area contributed by atoms with E-state index in [9.17, 15) is 4.79 Å². The van der Waals surface area contributed by atoms with Crippen LogP contribution in [0.1, 0.15) is 11.1 Å². The van der Waals surface area contributed by atoms with Gasteiger partial charge in [0.25, 0.3) is 0 Å². The normalized spacial score (nSPS) is 19.5. The third-order valence-electron chi connectivity index (χ3n) is 4.35. The number of hydrogen-bond donors (Lipinski definition) is 5. The Bertz CT molecular complexity index is 748. The second-order valence-electron chi connectivity index (χ2n) is 5.98. The highest BCUT2D eigenvalue weighted by Gasteiger charge is 2.33. The van der Waals surface area contributed by atoms with Gasteiger partial charge in [0.05, 0.1) is 7.11 Å². The number of nitrogens with one attached hydrogen (secondary N) is 5. The number of methoxy groups -OCH3 is 1. The van der Waals surface area contributed by atoms with Gasteiger partial charge in [0.15, 0.2) is 0 Å². The summed E-state index contributed by atoms with van der Waals surface area (Å²) in [6, 6.07) is 12.9. The summed E-state index contributed by atoms with van der Waals surface area (Å²) in [5.74, 6) is 0.655. The summed E-state index contributed by atoms with van der Waals surface area (Å²) < 4.78 is 5.15. The molecule has 2 aromatic carbocycles. The van der Waals surface area contributed by atoms with Gasteiger partial charge in [-0.15, -0.1) is 0 Å². The van der Waals surface area contributed by atoms with Crippen molar-refractivity contribution in [2.45, 2.75) is 26.1 Å². The summed E-state index contributed by atoms with van der Waals surface area (Å²) in [5, 5.41) is 6.27. The minimum absolute atomic E-state index is 0.128. The molecule has 2 atom stereocenters. The standard InChI is InChI=1S/C18H23N5O2/c1-11-5-4-6-15(12(11)2)20-18(24)16-17(22-23-21-16)19-13-7-9-14(25-3)10-8-13/h4-10,16-17,19,21-23H,1-3H3,(H,20,24). The minimum Gasteiger partial charge on any atom is -0.497 e. The molecule has 7 nitrogen and oxygen atoms in total. The van der Waals surface area contributed by atoms with Crippen LogP contribution < -0.4 is 31.8 Å². The maximum atomic E-state index is 12.7. The van der Waals surface area contributed by atoms with Crippen LogP contribution in [-0.2, 0) is 4.79 Å². The zero-order valence-corrected chi connectivity index (χ0v) is 14.5. The number of amides is 1. The molecule has 1 heterocycles. The van der Waals surface area contributed by atoms with Crippen LogP contribution in [0.4, 0.5) is 11.4 Å². The summed E-state index contributed by atoms with van der Waals surface area (Å²) in [6.45, 7) is 4.02. The largest absolute Gasteiger partial charge is 0.497 e. The van der Waals surface area contributed by atoms with Crippen molar-refractivity contribution in [2.24, 2.45) is 0 Å². The zero-order chi connectivity index (χ0) is 17.8. The van der Waals surface area contributed by atoms with E-state index in [0.717, 1.165) is 28.3 Å². The molecule has 1 aliphatic heterocycles. The average molecular weight is 341 g/mol. The van der Waals surface area contributed by atoms with Crippen molar-refractivity contribution in [1.29, 1.82) is 0 Å². The van der Waals surface area contributed by atoms with Gasteiger partial charge in [0.1, 0.15) is 18.0 Å². The SMILES string of the molecule is COc1ccc(NC2NNNC2C(=O)Nc2cccc(C)c2C)cc1. The van der Waals surface area contributed by atoms with E-state index < -0.39 is 6.04 Å². The third kappa shape index (κ3) is 3.90. The molecule has 7 heteroatoms. The summed E-state index contributed by atoms with van der Waals surface area (Å²) >= 11 is 0. The first-order valence-corrected chi connectivity index (χ1v) is 8.12. The molecule has 1 amide bonds. The predicted octanol–water partition coefficient (Wildman–Crippen LogP) is 1.67. The van der Waals surface area contributed by atoms with E-state index in [0.29, 0.717) is 0 Å². The average Bonchev–Trinajstić information content (AvgIpc) is 3.08. The van der Waals surface area contributed by atoms with Crippen molar-refractivity contribution < 1.29 is 9.53 Å². The van der Waals surface area contributed by atoms with Gasteiger partial charge in [-0.2, -0.15) is 5.53 Å². The number of benzene rings is 2. The van der Waals surface area contributed by atoms with Gasteiger partial charge in [-0.25, -0.2) is 10.9 Å². The lowest BCUT2D eigenvalue weighted by Gasteiger charge is -2.20. The van der Waals surface area contributed by atoms with Gasteiger partial charge in [0.2, 0.25) is 5.91 Å². The van der Waals surface area contributed by atoms with E-state index in [-0.39, 0.29) is 12.1 Å². The first kappa shape index (κ1) is 17.2.